The Bertz CT molecular complexity index is 599. The van der Waals surface area contributed by atoms with E-state index < -0.39 is 5.82 Å². The third kappa shape index (κ3) is 5.40. The van der Waals surface area contributed by atoms with Crippen molar-refractivity contribution in [1.82, 2.24) is 9.80 Å². The van der Waals surface area contributed by atoms with E-state index in [1.807, 2.05) is 7.05 Å². The molecule has 1 aliphatic rings. The van der Waals surface area contributed by atoms with Gasteiger partial charge in [0.2, 0.25) is 0 Å². The summed E-state index contributed by atoms with van der Waals surface area (Å²) in [6, 6.07) is 4.25. The Hall–Kier alpha value is -1.70. The van der Waals surface area contributed by atoms with Crippen LogP contribution in [0, 0.1) is 17.7 Å². The molecular weight excluding hydrogens is 339 g/mol. The van der Waals surface area contributed by atoms with Crippen molar-refractivity contribution in [2.24, 2.45) is 11.8 Å². The first-order valence-corrected chi connectivity index (χ1v) is 8.89. The van der Waals surface area contributed by atoms with Crippen molar-refractivity contribution in [1.29, 1.82) is 0 Å². The highest BCUT2D eigenvalue weighted by atomic mass is 19.1. The molecule has 1 N–H and O–H groups in total. The lowest BCUT2D eigenvalue weighted by molar-refractivity contribution is 0.0450. The largest absolute Gasteiger partial charge is 0.494 e. The van der Waals surface area contributed by atoms with Gasteiger partial charge in [-0.3, -0.25) is 4.79 Å². The Kier molecular flexibility index (Phi) is 7.81. The molecule has 2 rings (SSSR count). The number of benzene rings is 1. The molecule has 0 aromatic heterocycles. The lowest BCUT2D eigenvalue weighted by Crippen LogP contribution is -2.47. The molecule has 0 radical (unpaired) electrons. The summed E-state index contributed by atoms with van der Waals surface area (Å²) in [5, 5.41) is 9.62. The van der Waals surface area contributed by atoms with Gasteiger partial charge in [-0.25, -0.2) is 4.39 Å². The smallest absolute Gasteiger partial charge is 0.253 e. The first kappa shape index (κ1) is 20.6. The first-order valence-electron chi connectivity index (χ1n) is 8.89. The summed E-state index contributed by atoms with van der Waals surface area (Å²) in [5.74, 6) is -0.350. The maximum absolute atomic E-state index is 13.9. The Morgan fingerprint density at radius 2 is 2.08 bits per heavy atom. The minimum atomic E-state index is -0.551. The number of aliphatic hydroxyl groups excluding tert-OH is 1. The van der Waals surface area contributed by atoms with Crippen molar-refractivity contribution in [2.75, 3.05) is 60.7 Å². The second kappa shape index (κ2) is 9.85. The van der Waals surface area contributed by atoms with Crippen molar-refractivity contribution in [3.05, 3.63) is 29.6 Å². The molecule has 0 unspecified atom stereocenters. The summed E-state index contributed by atoms with van der Waals surface area (Å²) in [7, 11) is 5.08. The molecule has 1 heterocycles. The molecule has 7 heteroatoms. The second-order valence-electron chi connectivity index (χ2n) is 6.96. The van der Waals surface area contributed by atoms with Gasteiger partial charge < -0.3 is 24.4 Å². The number of nitrogens with zero attached hydrogens (tertiary/aromatic N) is 2. The summed E-state index contributed by atoms with van der Waals surface area (Å²) in [6.45, 7) is 3.41. The maximum atomic E-state index is 13.9. The Balaban J connectivity index is 2.06. The number of rotatable bonds is 8. The van der Waals surface area contributed by atoms with E-state index in [4.69, 9.17) is 9.47 Å². The van der Waals surface area contributed by atoms with Crippen LogP contribution in [0.4, 0.5) is 4.39 Å². The molecule has 1 amide bonds. The van der Waals surface area contributed by atoms with E-state index >= 15 is 0 Å². The Morgan fingerprint density at radius 3 is 2.69 bits per heavy atom. The SMILES string of the molecule is COCCN(C)C[C@@H]1C[C@@H](CO)CN(C(=O)c2ccc(OC)c(F)c2)C1. The van der Waals surface area contributed by atoms with Crippen molar-refractivity contribution in [3.8, 4) is 5.75 Å². The zero-order chi connectivity index (χ0) is 19.1. The summed E-state index contributed by atoms with van der Waals surface area (Å²) in [6.07, 6.45) is 0.870. The number of aliphatic hydroxyl groups is 1. The van der Waals surface area contributed by atoms with Gasteiger partial charge in [0, 0.05) is 45.5 Å². The molecule has 26 heavy (non-hydrogen) atoms. The predicted molar refractivity (Wildman–Crippen MR) is 96.9 cm³/mol. The third-order valence-electron chi connectivity index (χ3n) is 4.81. The van der Waals surface area contributed by atoms with Gasteiger partial charge in [-0.05, 0) is 43.5 Å². The van der Waals surface area contributed by atoms with Crippen LogP contribution >= 0.6 is 0 Å². The topological polar surface area (TPSA) is 62.2 Å². The Morgan fingerprint density at radius 1 is 1.35 bits per heavy atom. The molecule has 1 aromatic carbocycles. The molecule has 1 saturated heterocycles. The summed E-state index contributed by atoms with van der Waals surface area (Å²) >= 11 is 0. The number of hydrogen-bond donors (Lipinski definition) is 1. The van der Waals surface area contributed by atoms with Crippen LogP contribution in [0.5, 0.6) is 5.75 Å². The molecule has 1 fully saturated rings. The zero-order valence-corrected chi connectivity index (χ0v) is 15.8. The van der Waals surface area contributed by atoms with Gasteiger partial charge in [-0.1, -0.05) is 0 Å². The van der Waals surface area contributed by atoms with E-state index in [-0.39, 0.29) is 30.1 Å². The third-order valence-corrected chi connectivity index (χ3v) is 4.81. The van der Waals surface area contributed by atoms with Gasteiger partial charge in [0.15, 0.2) is 11.6 Å². The molecule has 0 spiro atoms. The van der Waals surface area contributed by atoms with E-state index in [9.17, 15) is 14.3 Å². The summed E-state index contributed by atoms with van der Waals surface area (Å²) in [5.41, 5.74) is 0.299. The quantitative estimate of drug-likeness (QED) is 0.753. The highest BCUT2D eigenvalue weighted by Gasteiger charge is 2.31. The van der Waals surface area contributed by atoms with E-state index in [1.54, 1.807) is 18.1 Å². The monoisotopic (exact) mass is 368 g/mol. The highest BCUT2D eigenvalue weighted by Crippen LogP contribution is 2.25. The predicted octanol–water partition coefficient (Wildman–Crippen LogP) is 1.48. The van der Waals surface area contributed by atoms with Crippen LogP contribution in [0.2, 0.25) is 0 Å². The number of amides is 1. The van der Waals surface area contributed by atoms with E-state index in [1.165, 1.54) is 19.2 Å². The molecule has 0 aliphatic carbocycles. The fourth-order valence-corrected chi connectivity index (χ4v) is 3.51. The number of hydrogen-bond acceptors (Lipinski definition) is 5. The van der Waals surface area contributed by atoms with E-state index in [0.717, 1.165) is 19.5 Å². The van der Waals surface area contributed by atoms with Crippen molar-refractivity contribution >= 4 is 5.91 Å². The van der Waals surface area contributed by atoms with E-state index in [2.05, 4.69) is 4.90 Å². The number of carbonyl (C=O) groups excluding carboxylic acids is 1. The number of likely N-dealkylation sites (tertiary alicyclic amines) is 1. The number of likely N-dealkylation sites (N-methyl/N-ethyl adjacent to an activating group) is 1. The standard InChI is InChI=1S/C19H29FN2O4/c1-21(6-7-25-2)10-14-8-15(13-23)12-22(11-14)19(24)16-4-5-18(26-3)17(20)9-16/h4-5,9,14-15,23H,6-8,10-13H2,1-3H3/t14-,15+/m0/s1. The van der Waals surface area contributed by atoms with Gasteiger partial charge in [0.05, 0.1) is 13.7 Å². The highest BCUT2D eigenvalue weighted by molar-refractivity contribution is 5.94. The fraction of sp³-hybridized carbons (Fsp3) is 0.632. The molecule has 146 valence electrons. The summed E-state index contributed by atoms with van der Waals surface area (Å²) in [4.78, 5) is 16.7. The van der Waals surface area contributed by atoms with E-state index in [0.29, 0.717) is 25.3 Å². The first-order chi connectivity index (χ1) is 12.5. The number of halogens is 1. The normalized spacial score (nSPS) is 20.5. The molecule has 1 aromatic rings. The number of carbonyl (C=O) groups is 1. The van der Waals surface area contributed by atoms with Gasteiger partial charge >= 0.3 is 0 Å². The summed E-state index contributed by atoms with van der Waals surface area (Å²) < 4.78 is 23.9. The minimum absolute atomic E-state index is 0.0385. The van der Waals surface area contributed by atoms with Crippen LogP contribution in [-0.2, 0) is 4.74 Å². The average Bonchev–Trinajstić information content (AvgIpc) is 2.65. The average molecular weight is 368 g/mol. The lowest BCUT2D eigenvalue weighted by Gasteiger charge is -2.38. The van der Waals surface area contributed by atoms with Gasteiger partial charge in [0.25, 0.3) is 5.91 Å². The fourth-order valence-electron chi connectivity index (χ4n) is 3.51. The second-order valence-corrected chi connectivity index (χ2v) is 6.96. The molecular formula is C19H29FN2O4. The van der Waals surface area contributed by atoms with Gasteiger partial charge in [0.1, 0.15) is 0 Å². The maximum Gasteiger partial charge on any atom is 0.253 e. The van der Waals surface area contributed by atoms with Crippen LogP contribution in [0.1, 0.15) is 16.8 Å². The molecule has 2 atom stereocenters. The number of piperidine rings is 1. The van der Waals surface area contributed by atoms with Crippen molar-refractivity contribution < 1.29 is 23.8 Å². The molecule has 0 saturated carbocycles. The lowest BCUT2D eigenvalue weighted by atomic mass is 9.89. The molecule has 0 bridgehead atoms. The van der Waals surface area contributed by atoms with Gasteiger partial charge in [-0.15, -0.1) is 0 Å². The molecule has 6 nitrogen and oxygen atoms in total. The van der Waals surface area contributed by atoms with Crippen molar-refractivity contribution in [2.45, 2.75) is 6.42 Å². The van der Waals surface area contributed by atoms with Crippen LogP contribution in [0.25, 0.3) is 0 Å². The van der Waals surface area contributed by atoms with Crippen LogP contribution in [0.15, 0.2) is 18.2 Å². The van der Waals surface area contributed by atoms with Gasteiger partial charge in [-0.2, -0.15) is 0 Å². The van der Waals surface area contributed by atoms with Crippen LogP contribution in [-0.4, -0.2) is 81.5 Å². The minimum Gasteiger partial charge on any atom is -0.494 e. The van der Waals surface area contributed by atoms with Crippen LogP contribution in [0.3, 0.4) is 0 Å². The Labute approximate surface area is 154 Å². The zero-order valence-electron chi connectivity index (χ0n) is 15.8. The van der Waals surface area contributed by atoms with Crippen molar-refractivity contribution in [3.63, 3.8) is 0 Å². The number of methoxy groups -OCH3 is 2. The number of ether oxygens (including phenoxy) is 2. The van der Waals surface area contributed by atoms with Crippen LogP contribution < -0.4 is 4.74 Å². The molecule has 1 aliphatic heterocycles.